The van der Waals surface area contributed by atoms with Gasteiger partial charge in [-0.25, -0.2) is 0 Å². The molecule has 4 bridgehead atoms. The number of ether oxygens (including phenoxy) is 1. The monoisotopic (exact) mass is 451 g/mol. The van der Waals surface area contributed by atoms with Crippen LogP contribution in [-0.4, -0.2) is 56.7 Å². The van der Waals surface area contributed by atoms with Gasteiger partial charge in [0.15, 0.2) is 11.5 Å². The van der Waals surface area contributed by atoms with Gasteiger partial charge in [0.1, 0.15) is 11.7 Å². The topological polar surface area (TPSA) is 73.2 Å². The third-order valence-corrected chi connectivity index (χ3v) is 11.0. The fourth-order valence-electron chi connectivity index (χ4n) is 8.65. The van der Waals surface area contributed by atoms with E-state index in [1.165, 1.54) is 18.4 Å². The third kappa shape index (κ3) is 2.17. The van der Waals surface area contributed by atoms with E-state index in [-0.39, 0.29) is 22.5 Å². The molecule has 7 aliphatic rings. The molecule has 1 aromatic carbocycles. The minimum absolute atomic E-state index is 0.175. The molecule has 1 aromatic rings. The predicted molar refractivity (Wildman–Crippen MR) is 125 cm³/mol. The van der Waals surface area contributed by atoms with Gasteiger partial charge in [-0.15, -0.1) is 0 Å². The van der Waals surface area contributed by atoms with Gasteiger partial charge in [0, 0.05) is 29.5 Å². The Morgan fingerprint density at radius 1 is 1.15 bits per heavy atom. The maximum atomic E-state index is 12.4. The van der Waals surface area contributed by atoms with Crippen LogP contribution < -0.4 is 4.74 Å². The van der Waals surface area contributed by atoms with Crippen LogP contribution in [0.25, 0.3) is 0 Å². The van der Waals surface area contributed by atoms with Crippen LogP contribution in [0.2, 0.25) is 0 Å². The molecule has 2 spiro atoms. The van der Waals surface area contributed by atoms with E-state index in [2.05, 4.69) is 37.8 Å². The summed E-state index contributed by atoms with van der Waals surface area (Å²) in [4.78, 5) is 2.72. The number of piperidine rings is 1. The Morgan fingerprint density at radius 3 is 2.61 bits per heavy atom. The Morgan fingerprint density at radius 2 is 1.91 bits per heavy atom. The van der Waals surface area contributed by atoms with E-state index < -0.39 is 22.7 Å². The molecule has 0 unspecified atom stereocenters. The van der Waals surface area contributed by atoms with Gasteiger partial charge in [-0.1, -0.05) is 39.0 Å². The normalized spacial score (nSPS) is 44.4. The molecule has 8 rings (SSSR count). The van der Waals surface area contributed by atoms with Crippen LogP contribution >= 0.6 is 0 Å². The number of hydrogen-bond acceptors (Lipinski definition) is 5. The molecule has 0 radical (unpaired) electrons. The standard InChI is InChI=1S/C28H37NO4/c1-24(2,3)25(4,31)19-14-26-9-10-28(19,32)23-27(26)11-12-29(15-16-5-6-16)20(26)13-17-7-8-18(30)22(33-23)21(17)27/h7-10,16,19-20,23,30-32H,5-6,11-15H2,1-4H3/t19-,20-,23-,25+,26-,27+,28+/m1/s1. The van der Waals surface area contributed by atoms with E-state index in [1.807, 2.05) is 13.0 Å². The van der Waals surface area contributed by atoms with Gasteiger partial charge in [-0.3, -0.25) is 4.90 Å². The van der Waals surface area contributed by atoms with Crippen molar-refractivity contribution >= 4 is 0 Å². The second-order valence-electron chi connectivity index (χ2n) is 13.2. The summed E-state index contributed by atoms with van der Waals surface area (Å²) in [7, 11) is 0. The molecular weight excluding hydrogens is 414 g/mol. The number of hydrogen-bond donors (Lipinski definition) is 3. The molecule has 5 nitrogen and oxygen atoms in total. The molecule has 1 saturated heterocycles. The number of aliphatic hydroxyl groups is 2. The van der Waals surface area contributed by atoms with Gasteiger partial charge < -0.3 is 20.1 Å². The van der Waals surface area contributed by atoms with Crippen LogP contribution in [0.15, 0.2) is 24.3 Å². The van der Waals surface area contributed by atoms with Crippen molar-refractivity contribution in [3.8, 4) is 11.5 Å². The van der Waals surface area contributed by atoms with E-state index in [4.69, 9.17) is 4.74 Å². The number of rotatable bonds is 3. The largest absolute Gasteiger partial charge is 0.504 e. The number of likely N-dealkylation sites (tertiary alicyclic amines) is 1. The molecule has 7 atom stereocenters. The fourth-order valence-corrected chi connectivity index (χ4v) is 8.65. The van der Waals surface area contributed by atoms with E-state index in [1.54, 1.807) is 6.07 Å². The van der Waals surface area contributed by atoms with Crippen LogP contribution in [0.4, 0.5) is 0 Å². The lowest BCUT2D eigenvalue weighted by Crippen LogP contribution is -2.81. The summed E-state index contributed by atoms with van der Waals surface area (Å²) in [5, 5.41) is 35.2. The first-order chi connectivity index (χ1) is 15.5. The van der Waals surface area contributed by atoms with Crippen molar-refractivity contribution in [2.24, 2.45) is 22.7 Å². The summed E-state index contributed by atoms with van der Waals surface area (Å²) in [6, 6.07) is 4.17. The maximum Gasteiger partial charge on any atom is 0.165 e. The Kier molecular flexibility index (Phi) is 3.65. The van der Waals surface area contributed by atoms with Gasteiger partial charge in [0.25, 0.3) is 0 Å². The second-order valence-corrected chi connectivity index (χ2v) is 13.2. The zero-order valence-electron chi connectivity index (χ0n) is 20.3. The molecular formula is C28H37NO4. The molecule has 3 N–H and O–H groups in total. The van der Waals surface area contributed by atoms with Crippen LogP contribution in [0.3, 0.4) is 0 Å². The molecule has 0 aromatic heterocycles. The van der Waals surface area contributed by atoms with E-state index in [9.17, 15) is 15.3 Å². The van der Waals surface area contributed by atoms with Gasteiger partial charge in [-0.05, 0) is 68.5 Å². The minimum atomic E-state index is -1.29. The Hall–Kier alpha value is -1.56. The average Bonchev–Trinajstić information content (AvgIpc) is 3.48. The highest BCUT2D eigenvalue weighted by Crippen LogP contribution is 2.75. The molecule has 33 heavy (non-hydrogen) atoms. The molecule has 5 heteroatoms. The third-order valence-electron chi connectivity index (χ3n) is 11.0. The first-order valence-electron chi connectivity index (χ1n) is 12.9. The molecule has 2 saturated carbocycles. The quantitative estimate of drug-likeness (QED) is 0.613. The van der Waals surface area contributed by atoms with E-state index in [0.717, 1.165) is 43.8 Å². The van der Waals surface area contributed by atoms with Gasteiger partial charge in [0.05, 0.1) is 11.0 Å². The number of phenolic OH excluding ortho intramolecular Hbond substituents is 1. The molecule has 2 heterocycles. The smallest absolute Gasteiger partial charge is 0.165 e. The van der Waals surface area contributed by atoms with Crippen LogP contribution in [0.1, 0.15) is 64.5 Å². The van der Waals surface area contributed by atoms with Crippen LogP contribution in [0.5, 0.6) is 11.5 Å². The summed E-state index contributed by atoms with van der Waals surface area (Å²) >= 11 is 0. The van der Waals surface area contributed by atoms with Crippen molar-refractivity contribution in [3.63, 3.8) is 0 Å². The van der Waals surface area contributed by atoms with Crippen molar-refractivity contribution in [1.29, 1.82) is 0 Å². The Bertz CT molecular complexity index is 1080. The van der Waals surface area contributed by atoms with Crippen LogP contribution in [-0.2, 0) is 11.8 Å². The summed E-state index contributed by atoms with van der Waals surface area (Å²) in [6.07, 6.45) is 9.05. The Balaban J connectivity index is 1.48. The van der Waals surface area contributed by atoms with Crippen molar-refractivity contribution in [1.82, 2.24) is 4.90 Å². The van der Waals surface area contributed by atoms with E-state index in [0.29, 0.717) is 11.8 Å². The molecule has 3 fully saturated rings. The number of phenols is 1. The summed E-state index contributed by atoms with van der Waals surface area (Å²) in [5.74, 6) is 1.21. The molecule has 5 aliphatic carbocycles. The number of benzene rings is 1. The summed E-state index contributed by atoms with van der Waals surface area (Å²) in [5.41, 5.74) is -0.941. The van der Waals surface area contributed by atoms with Gasteiger partial charge >= 0.3 is 0 Å². The van der Waals surface area contributed by atoms with Crippen molar-refractivity contribution in [3.05, 3.63) is 35.4 Å². The molecule has 2 aliphatic heterocycles. The number of nitrogens with zero attached hydrogens (tertiary/aromatic N) is 1. The van der Waals surface area contributed by atoms with Gasteiger partial charge in [-0.2, -0.15) is 0 Å². The first-order valence-corrected chi connectivity index (χ1v) is 12.9. The maximum absolute atomic E-state index is 12.4. The highest BCUT2D eigenvalue weighted by molar-refractivity contribution is 5.65. The number of aromatic hydroxyl groups is 1. The molecule has 178 valence electrons. The zero-order valence-corrected chi connectivity index (χ0v) is 20.3. The number of fused-ring (bicyclic) bond motifs is 1. The van der Waals surface area contributed by atoms with Crippen molar-refractivity contribution < 1.29 is 20.1 Å². The lowest BCUT2D eigenvalue weighted by molar-refractivity contribution is -0.255. The molecule has 0 amide bonds. The lowest BCUT2D eigenvalue weighted by atomic mass is 9.35. The fraction of sp³-hybridized carbons (Fsp3) is 0.714. The van der Waals surface area contributed by atoms with Crippen LogP contribution in [0, 0.1) is 22.7 Å². The minimum Gasteiger partial charge on any atom is -0.504 e. The lowest BCUT2D eigenvalue weighted by Gasteiger charge is -2.72. The van der Waals surface area contributed by atoms with Crippen molar-refractivity contribution in [2.45, 2.75) is 88.6 Å². The predicted octanol–water partition coefficient (Wildman–Crippen LogP) is 3.54. The van der Waals surface area contributed by atoms with E-state index >= 15 is 0 Å². The first kappa shape index (κ1) is 20.8. The Labute approximate surface area is 196 Å². The second kappa shape index (κ2) is 5.80. The highest BCUT2D eigenvalue weighted by atomic mass is 16.5. The summed E-state index contributed by atoms with van der Waals surface area (Å²) in [6.45, 7) is 10.2. The highest BCUT2D eigenvalue weighted by Gasteiger charge is 2.80. The van der Waals surface area contributed by atoms with Gasteiger partial charge in [0.2, 0.25) is 0 Å². The summed E-state index contributed by atoms with van der Waals surface area (Å²) < 4.78 is 6.63. The average molecular weight is 452 g/mol. The SMILES string of the molecule is CC(C)(C)[C@@](C)(O)[C@H]1C[C@@]23C=C[C@@]1(O)[C@@H]1Oc4c(O)ccc5c4[C@@]12CCN(CC1CC1)[C@@H]3C5. The van der Waals surface area contributed by atoms with Crippen molar-refractivity contribution in [2.75, 3.05) is 13.1 Å². The zero-order chi connectivity index (χ0) is 23.2.